The third kappa shape index (κ3) is 2.71. The van der Waals surface area contributed by atoms with E-state index in [1.165, 1.54) is 12.1 Å². The molecule has 0 radical (unpaired) electrons. The summed E-state index contributed by atoms with van der Waals surface area (Å²) in [7, 11) is 1.15. The van der Waals surface area contributed by atoms with E-state index in [0.717, 1.165) is 23.9 Å². The van der Waals surface area contributed by atoms with Crippen LogP contribution in [0, 0.1) is 5.82 Å². The molecule has 23 heavy (non-hydrogen) atoms. The van der Waals surface area contributed by atoms with E-state index in [1.807, 2.05) is 30.3 Å². The van der Waals surface area contributed by atoms with Crippen LogP contribution in [0.1, 0.15) is 26.3 Å². The second-order valence-electron chi connectivity index (χ2n) is 5.05. The first-order chi connectivity index (χ1) is 11.1. The molecule has 3 aromatic rings. The largest absolute Gasteiger partial charge is 0.465 e. The minimum absolute atomic E-state index is 0.00729. The highest BCUT2D eigenvalue weighted by Gasteiger charge is 2.22. The van der Waals surface area contributed by atoms with Gasteiger partial charge in [-0.3, -0.25) is 4.79 Å². The third-order valence-corrected chi connectivity index (χ3v) is 3.66. The molecule has 0 saturated carbocycles. The van der Waals surface area contributed by atoms with Gasteiger partial charge in [-0.05, 0) is 29.0 Å². The fourth-order valence-electron chi connectivity index (χ4n) is 2.51. The number of benzene rings is 3. The lowest BCUT2D eigenvalue weighted by atomic mass is 9.96. The highest BCUT2D eigenvalue weighted by atomic mass is 19.1. The number of ether oxygens (including phenoxy) is 1. The number of carbonyl (C=O) groups excluding carboxylic acids is 2. The normalized spacial score (nSPS) is 10.5. The molecule has 0 aromatic heterocycles. The Bertz CT molecular complexity index is 915. The highest BCUT2D eigenvalue weighted by molar-refractivity contribution is 6.15. The quantitative estimate of drug-likeness (QED) is 0.542. The number of hydrogen-bond donors (Lipinski definition) is 0. The summed E-state index contributed by atoms with van der Waals surface area (Å²) in [5.41, 5.74) is 0.0414. The summed E-state index contributed by atoms with van der Waals surface area (Å²) in [6.45, 7) is 0. The van der Waals surface area contributed by atoms with E-state index in [-0.39, 0.29) is 11.1 Å². The van der Waals surface area contributed by atoms with Gasteiger partial charge in [0.15, 0.2) is 5.78 Å². The molecule has 0 bridgehead atoms. The Kier molecular flexibility index (Phi) is 3.89. The molecule has 3 nitrogen and oxygen atoms in total. The highest BCUT2D eigenvalue weighted by Crippen LogP contribution is 2.22. The molecule has 0 aliphatic heterocycles. The van der Waals surface area contributed by atoms with Crippen LogP contribution in [0.3, 0.4) is 0 Å². The summed E-state index contributed by atoms with van der Waals surface area (Å²) in [5.74, 6) is -2.06. The topological polar surface area (TPSA) is 43.4 Å². The molecule has 3 aromatic carbocycles. The van der Waals surface area contributed by atoms with Crippen LogP contribution >= 0.6 is 0 Å². The van der Waals surface area contributed by atoms with Crippen LogP contribution in [0.4, 0.5) is 4.39 Å². The van der Waals surface area contributed by atoms with Crippen molar-refractivity contribution in [2.45, 2.75) is 0 Å². The van der Waals surface area contributed by atoms with Gasteiger partial charge in [-0.15, -0.1) is 0 Å². The van der Waals surface area contributed by atoms with Gasteiger partial charge in [-0.1, -0.05) is 42.5 Å². The number of carbonyl (C=O) groups is 2. The molecule has 4 heteroatoms. The summed E-state index contributed by atoms with van der Waals surface area (Å²) < 4.78 is 18.5. The Labute approximate surface area is 132 Å². The molecule has 0 aliphatic carbocycles. The lowest BCUT2D eigenvalue weighted by molar-refractivity contribution is 0.0592. The second kappa shape index (κ2) is 6.01. The number of rotatable bonds is 3. The van der Waals surface area contributed by atoms with Crippen LogP contribution in [0.15, 0.2) is 60.7 Å². The number of halogens is 1. The van der Waals surface area contributed by atoms with Crippen LogP contribution < -0.4 is 0 Å². The standard InChI is InChI=1S/C19H13FO3/c1-23-19(22)17-15(7-4-8-16(17)20)18(21)14-10-9-12-5-2-3-6-13(12)11-14/h2-11H,1H3. The zero-order valence-corrected chi connectivity index (χ0v) is 12.4. The molecular formula is C19H13FO3. The Morgan fingerprint density at radius 2 is 1.65 bits per heavy atom. The van der Waals surface area contributed by atoms with Crippen LogP contribution in [0.5, 0.6) is 0 Å². The van der Waals surface area contributed by atoms with E-state index >= 15 is 0 Å². The van der Waals surface area contributed by atoms with Gasteiger partial charge < -0.3 is 4.74 Å². The predicted octanol–water partition coefficient (Wildman–Crippen LogP) is 4.00. The van der Waals surface area contributed by atoms with E-state index in [9.17, 15) is 14.0 Å². The minimum atomic E-state index is -0.868. The van der Waals surface area contributed by atoms with Gasteiger partial charge in [0.25, 0.3) is 0 Å². The van der Waals surface area contributed by atoms with Gasteiger partial charge in [0.1, 0.15) is 11.4 Å². The summed E-state index contributed by atoms with van der Waals surface area (Å²) in [5, 5.41) is 1.89. The van der Waals surface area contributed by atoms with Crippen LogP contribution in [0.2, 0.25) is 0 Å². The second-order valence-corrected chi connectivity index (χ2v) is 5.05. The van der Waals surface area contributed by atoms with Crippen LogP contribution in [-0.2, 0) is 4.74 Å². The fraction of sp³-hybridized carbons (Fsp3) is 0.0526. The summed E-state index contributed by atoms with van der Waals surface area (Å²) >= 11 is 0. The van der Waals surface area contributed by atoms with Crippen LogP contribution in [-0.4, -0.2) is 18.9 Å². The first-order valence-corrected chi connectivity index (χ1v) is 7.02. The zero-order chi connectivity index (χ0) is 16.4. The van der Waals surface area contributed by atoms with Crippen molar-refractivity contribution in [3.8, 4) is 0 Å². The number of methoxy groups -OCH3 is 1. The van der Waals surface area contributed by atoms with Gasteiger partial charge in [-0.2, -0.15) is 0 Å². The maximum Gasteiger partial charge on any atom is 0.341 e. The van der Waals surface area contributed by atoms with Crippen molar-refractivity contribution in [1.82, 2.24) is 0 Å². The number of ketones is 1. The monoisotopic (exact) mass is 308 g/mol. The maximum absolute atomic E-state index is 14.0. The lowest BCUT2D eigenvalue weighted by Crippen LogP contribution is -2.13. The van der Waals surface area contributed by atoms with Gasteiger partial charge in [0.05, 0.1) is 7.11 Å². The summed E-state index contributed by atoms with van der Waals surface area (Å²) in [6.07, 6.45) is 0. The Balaban J connectivity index is 2.12. The molecule has 0 heterocycles. The molecule has 0 atom stereocenters. The Hall–Kier alpha value is -3.01. The fourth-order valence-corrected chi connectivity index (χ4v) is 2.51. The Morgan fingerprint density at radius 3 is 2.39 bits per heavy atom. The van der Waals surface area contributed by atoms with E-state index in [4.69, 9.17) is 0 Å². The van der Waals surface area contributed by atoms with Gasteiger partial charge in [0.2, 0.25) is 0 Å². The van der Waals surface area contributed by atoms with Crippen molar-refractivity contribution in [3.05, 3.63) is 83.2 Å². The minimum Gasteiger partial charge on any atom is -0.465 e. The first kappa shape index (κ1) is 14.9. The lowest BCUT2D eigenvalue weighted by Gasteiger charge is -2.09. The average molecular weight is 308 g/mol. The molecule has 0 spiro atoms. The molecule has 3 rings (SSSR count). The van der Waals surface area contributed by atoms with Gasteiger partial charge in [0, 0.05) is 11.1 Å². The molecule has 0 N–H and O–H groups in total. The molecular weight excluding hydrogens is 295 g/mol. The SMILES string of the molecule is COC(=O)c1c(F)cccc1C(=O)c1ccc2ccccc2c1. The number of fused-ring (bicyclic) bond motifs is 1. The molecule has 0 amide bonds. The van der Waals surface area contributed by atoms with Crippen molar-refractivity contribution in [2.75, 3.05) is 7.11 Å². The van der Waals surface area contributed by atoms with Gasteiger partial charge >= 0.3 is 5.97 Å². The Morgan fingerprint density at radius 1 is 0.913 bits per heavy atom. The summed E-state index contributed by atoms with van der Waals surface area (Å²) in [4.78, 5) is 24.5. The molecule has 0 unspecified atom stereocenters. The maximum atomic E-state index is 14.0. The van der Waals surface area contributed by atoms with Crippen molar-refractivity contribution in [2.24, 2.45) is 0 Å². The smallest absolute Gasteiger partial charge is 0.341 e. The van der Waals surface area contributed by atoms with Crippen LogP contribution in [0.25, 0.3) is 10.8 Å². The van der Waals surface area contributed by atoms with Crippen molar-refractivity contribution in [1.29, 1.82) is 0 Å². The zero-order valence-electron chi connectivity index (χ0n) is 12.4. The molecule has 0 fully saturated rings. The van der Waals surface area contributed by atoms with Gasteiger partial charge in [-0.25, -0.2) is 9.18 Å². The van der Waals surface area contributed by atoms with Crippen molar-refractivity contribution >= 4 is 22.5 Å². The van der Waals surface area contributed by atoms with E-state index < -0.39 is 17.6 Å². The van der Waals surface area contributed by atoms with Crippen molar-refractivity contribution < 1.29 is 18.7 Å². The third-order valence-electron chi connectivity index (χ3n) is 3.66. The molecule has 0 saturated heterocycles. The first-order valence-electron chi connectivity index (χ1n) is 7.02. The van der Waals surface area contributed by atoms with E-state index in [1.54, 1.807) is 12.1 Å². The molecule has 0 aliphatic rings. The number of esters is 1. The van der Waals surface area contributed by atoms with E-state index in [0.29, 0.717) is 5.56 Å². The van der Waals surface area contributed by atoms with Crippen molar-refractivity contribution in [3.63, 3.8) is 0 Å². The average Bonchev–Trinajstić information content (AvgIpc) is 2.59. The summed E-state index contributed by atoms with van der Waals surface area (Å²) in [6, 6.07) is 16.8. The van der Waals surface area contributed by atoms with E-state index in [2.05, 4.69) is 4.74 Å². The molecule has 114 valence electrons. The number of hydrogen-bond acceptors (Lipinski definition) is 3. The predicted molar refractivity (Wildman–Crippen MR) is 85.1 cm³/mol.